The molecular formula is C10H13N3O2. The number of amides is 1. The third-order valence-corrected chi connectivity index (χ3v) is 2.54. The number of primary amides is 1. The van der Waals surface area contributed by atoms with E-state index in [0.29, 0.717) is 5.92 Å². The molecule has 15 heavy (non-hydrogen) atoms. The summed E-state index contributed by atoms with van der Waals surface area (Å²) in [6.45, 7) is 1.50. The third kappa shape index (κ3) is 2.30. The molecule has 1 amide bonds. The number of aromatic nitrogens is 2. The summed E-state index contributed by atoms with van der Waals surface area (Å²) in [6.07, 6.45) is 3.46. The van der Waals surface area contributed by atoms with E-state index in [1.807, 2.05) is 6.07 Å². The van der Waals surface area contributed by atoms with Gasteiger partial charge in [0, 0.05) is 31.0 Å². The number of carbonyl (C=O) groups is 1. The number of nitrogens with two attached hydrogens (primary N) is 1. The Morgan fingerprint density at radius 3 is 2.87 bits per heavy atom. The molecule has 0 saturated carbocycles. The van der Waals surface area contributed by atoms with Crippen LogP contribution in [0.3, 0.4) is 0 Å². The van der Waals surface area contributed by atoms with Crippen molar-refractivity contribution in [2.24, 2.45) is 5.73 Å². The van der Waals surface area contributed by atoms with Crippen molar-refractivity contribution in [3.63, 3.8) is 0 Å². The molecule has 1 aliphatic heterocycles. The largest absolute Gasteiger partial charge is 0.381 e. The van der Waals surface area contributed by atoms with Crippen LogP contribution in [0.1, 0.15) is 35.1 Å². The Morgan fingerprint density at radius 1 is 1.47 bits per heavy atom. The van der Waals surface area contributed by atoms with E-state index in [0.717, 1.165) is 31.7 Å². The van der Waals surface area contributed by atoms with E-state index in [1.165, 1.54) is 0 Å². The first-order valence-electron chi connectivity index (χ1n) is 4.98. The highest BCUT2D eigenvalue weighted by molar-refractivity contribution is 5.88. The van der Waals surface area contributed by atoms with E-state index >= 15 is 0 Å². The highest BCUT2D eigenvalue weighted by Crippen LogP contribution is 2.24. The van der Waals surface area contributed by atoms with Gasteiger partial charge in [-0.2, -0.15) is 0 Å². The molecule has 0 aliphatic carbocycles. The van der Waals surface area contributed by atoms with Gasteiger partial charge in [-0.15, -0.1) is 0 Å². The molecule has 0 radical (unpaired) electrons. The molecule has 0 aromatic carbocycles. The zero-order chi connectivity index (χ0) is 10.7. The van der Waals surface area contributed by atoms with Crippen LogP contribution in [0.25, 0.3) is 0 Å². The molecule has 2 N–H and O–H groups in total. The Kier molecular flexibility index (Phi) is 2.91. The molecule has 1 aromatic rings. The molecule has 1 fully saturated rings. The van der Waals surface area contributed by atoms with E-state index in [9.17, 15) is 4.79 Å². The Labute approximate surface area is 87.7 Å². The van der Waals surface area contributed by atoms with Crippen LogP contribution in [0, 0.1) is 0 Å². The van der Waals surface area contributed by atoms with Crippen LogP contribution >= 0.6 is 0 Å². The number of rotatable bonds is 2. The maximum atomic E-state index is 10.9. The summed E-state index contributed by atoms with van der Waals surface area (Å²) in [5.74, 6) is -0.122. The van der Waals surface area contributed by atoms with Crippen LogP contribution < -0.4 is 5.73 Å². The van der Waals surface area contributed by atoms with Crippen molar-refractivity contribution >= 4 is 5.91 Å². The van der Waals surface area contributed by atoms with Crippen molar-refractivity contribution in [2.45, 2.75) is 18.8 Å². The van der Waals surface area contributed by atoms with E-state index < -0.39 is 5.91 Å². The number of nitrogens with zero attached hydrogens (tertiary/aromatic N) is 2. The second kappa shape index (κ2) is 4.35. The quantitative estimate of drug-likeness (QED) is 0.764. The van der Waals surface area contributed by atoms with Gasteiger partial charge in [-0.25, -0.2) is 9.97 Å². The minimum atomic E-state index is -0.580. The van der Waals surface area contributed by atoms with Crippen LogP contribution in [0.15, 0.2) is 12.3 Å². The second-order valence-electron chi connectivity index (χ2n) is 3.56. The molecule has 0 unspecified atom stereocenters. The standard InChI is InChI=1S/C10H13N3O2/c11-9(14)10-12-4-1-8(13-10)7-2-5-15-6-3-7/h1,4,7H,2-3,5-6H2,(H2,11,14). The summed E-state index contributed by atoms with van der Waals surface area (Å²) in [7, 11) is 0. The lowest BCUT2D eigenvalue weighted by Crippen LogP contribution is -2.19. The van der Waals surface area contributed by atoms with Crippen molar-refractivity contribution in [3.8, 4) is 0 Å². The Bertz CT molecular complexity index is 361. The molecule has 5 nitrogen and oxygen atoms in total. The van der Waals surface area contributed by atoms with Gasteiger partial charge in [-0.1, -0.05) is 0 Å². The van der Waals surface area contributed by atoms with E-state index in [1.54, 1.807) is 6.20 Å². The normalized spacial score (nSPS) is 17.6. The lowest BCUT2D eigenvalue weighted by molar-refractivity contribution is 0.0843. The fraction of sp³-hybridized carbons (Fsp3) is 0.500. The number of hydrogen-bond acceptors (Lipinski definition) is 4. The van der Waals surface area contributed by atoms with E-state index in [2.05, 4.69) is 9.97 Å². The summed E-state index contributed by atoms with van der Waals surface area (Å²) in [6, 6.07) is 1.84. The molecule has 2 heterocycles. The van der Waals surface area contributed by atoms with Gasteiger partial charge < -0.3 is 10.5 Å². The average molecular weight is 207 g/mol. The Hall–Kier alpha value is -1.49. The number of ether oxygens (including phenoxy) is 1. The van der Waals surface area contributed by atoms with Gasteiger partial charge in [0.1, 0.15) is 0 Å². The van der Waals surface area contributed by atoms with E-state index in [4.69, 9.17) is 10.5 Å². The highest BCUT2D eigenvalue weighted by atomic mass is 16.5. The fourth-order valence-electron chi connectivity index (χ4n) is 1.71. The van der Waals surface area contributed by atoms with Crippen LogP contribution in [-0.4, -0.2) is 29.1 Å². The fourth-order valence-corrected chi connectivity index (χ4v) is 1.71. The summed E-state index contributed by atoms with van der Waals surface area (Å²) in [5, 5.41) is 0. The van der Waals surface area contributed by atoms with Crippen LogP contribution in [0.4, 0.5) is 0 Å². The summed E-state index contributed by atoms with van der Waals surface area (Å²) in [4.78, 5) is 18.9. The Morgan fingerprint density at radius 2 is 2.20 bits per heavy atom. The van der Waals surface area contributed by atoms with Gasteiger partial charge in [0.15, 0.2) is 0 Å². The maximum absolute atomic E-state index is 10.9. The molecular weight excluding hydrogens is 194 g/mol. The molecule has 1 saturated heterocycles. The summed E-state index contributed by atoms with van der Waals surface area (Å²) >= 11 is 0. The van der Waals surface area contributed by atoms with Crippen molar-refractivity contribution in [2.75, 3.05) is 13.2 Å². The Balaban J connectivity index is 2.19. The third-order valence-electron chi connectivity index (χ3n) is 2.54. The minimum Gasteiger partial charge on any atom is -0.381 e. The van der Waals surface area contributed by atoms with E-state index in [-0.39, 0.29) is 5.82 Å². The SMILES string of the molecule is NC(=O)c1nccc(C2CCOCC2)n1. The molecule has 1 aliphatic rings. The first-order valence-corrected chi connectivity index (χ1v) is 4.98. The lowest BCUT2D eigenvalue weighted by atomic mass is 9.96. The average Bonchev–Trinajstić information content (AvgIpc) is 2.30. The van der Waals surface area contributed by atoms with Gasteiger partial charge in [-0.3, -0.25) is 4.79 Å². The van der Waals surface area contributed by atoms with Crippen molar-refractivity contribution in [1.82, 2.24) is 9.97 Å². The van der Waals surface area contributed by atoms with Gasteiger partial charge in [0.05, 0.1) is 0 Å². The van der Waals surface area contributed by atoms with Gasteiger partial charge in [0.25, 0.3) is 5.91 Å². The molecule has 2 rings (SSSR count). The number of carbonyl (C=O) groups excluding carboxylic acids is 1. The van der Waals surface area contributed by atoms with Crippen molar-refractivity contribution in [1.29, 1.82) is 0 Å². The van der Waals surface area contributed by atoms with Crippen LogP contribution in [0.2, 0.25) is 0 Å². The van der Waals surface area contributed by atoms with Gasteiger partial charge in [0.2, 0.25) is 5.82 Å². The lowest BCUT2D eigenvalue weighted by Gasteiger charge is -2.21. The molecule has 0 atom stereocenters. The summed E-state index contributed by atoms with van der Waals surface area (Å²) < 4.78 is 5.26. The second-order valence-corrected chi connectivity index (χ2v) is 3.56. The monoisotopic (exact) mass is 207 g/mol. The molecule has 80 valence electrons. The van der Waals surface area contributed by atoms with Gasteiger partial charge in [-0.05, 0) is 18.9 Å². The maximum Gasteiger partial charge on any atom is 0.286 e. The molecule has 0 spiro atoms. The minimum absolute atomic E-state index is 0.0963. The van der Waals surface area contributed by atoms with Gasteiger partial charge >= 0.3 is 0 Å². The number of hydrogen-bond donors (Lipinski definition) is 1. The van der Waals surface area contributed by atoms with Crippen molar-refractivity contribution < 1.29 is 9.53 Å². The molecule has 5 heteroatoms. The summed E-state index contributed by atoms with van der Waals surface area (Å²) in [5.41, 5.74) is 6.01. The smallest absolute Gasteiger partial charge is 0.286 e. The highest BCUT2D eigenvalue weighted by Gasteiger charge is 2.18. The predicted molar refractivity (Wildman–Crippen MR) is 53.3 cm³/mol. The first kappa shape index (κ1) is 10.0. The van der Waals surface area contributed by atoms with Crippen molar-refractivity contribution in [3.05, 3.63) is 23.8 Å². The molecule has 0 bridgehead atoms. The topological polar surface area (TPSA) is 78.1 Å². The van der Waals surface area contributed by atoms with Crippen LogP contribution in [0.5, 0.6) is 0 Å². The molecule has 1 aromatic heterocycles. The zero-order valence-corrected chi connectivity index (χ0v) is 8.35. The first-order chi connectivity index (χ1) is 7.27. The van der Waals surface area contributed by atoms with Crippen LogP contribution in [-0.2, 0) is 4.74 Å². The predicted octanol–water partition coefficient (Wildman–Crippen LogP) is 0.469. The zero-order valence-electron chi connectivity index (χ0n) is 8.35.